The van der Waals surface area contributed by atoms with Crippen LogP contribution in [0.25, 0.3) is 0 Å². The van der Waals surface area contributed by atoms with E-state index in [4.69, 9.17) is 0 Å². The first-order valence-electron chi connectivity index (χ1n) is 7.96. The van der Waals surface area contributed by atoms with E-state index in [1.807, 2.05) is 47.9 Å². The molecule has 0 saturated carbocycles. The number of nitrogens with zero attached hydrogens (tertiary/aromatic N) is 2. The zero-order valence-corrected chi connectivity index (χ0v) is 13.4. The van der Waals surface area contributed by atoms with Crippen molar-refractivity contribution in [3.63, 3.8) is 0 Å². The summed E-state index contributed by atoms with van der Waals surface area (Å²) in [5, 5.41) is 10.9. The minimum Gasteiger partial charge on any atom is -0.384 e. The minimum atomic E-state index is -0.902. The Morgan fingerprint density at radius 2 is 1.57 bits per heavy atom. The molecule has 0 aliphatic rings. The first-order valence-corrected chi connectivity index (χ1v) is 7.96. The lowest BCUT2D eigenvalue weighted by molar-refractivity contribution is 0.0401. The second kappa shape index (κ2) is 6.80. The summed E-state index contributed by atoms with van der Waals surface area (Å²) < 4.78 is 2.03. The van der Waals surface area contributed by atoms with Gasteiger partial charge in [-0.25, -0.2) is 4.98 Å². The van der Waals surface area contributed by atoms with Crippen molar-refractivity contribution in [2.75, 3.05) is 0 Å². The van der Waals surface area contributed by atoms with Crippen LogP contribution in [0, 0.1) is 0 Å². The van der Waals surface area contributed by atoms with Gasteiger partial charge in [-0.3, -0.25) is 0 Å². The van der Waals surface area contributed by atoms with Gasteiger partial charge >= 0.3 is 0 Å². The summed E-state index contributed by atoms with van der Waals surface area (Å²) in [6.45, 7) is 2.59. The summed E-state index contributed by atoms with van der Waals surface area (Å²) in [6, 6.07) is 20.5. The lowest BCUT2D eigenvalue weighted by atomic mass is 9.93. The summed E-state index contributed by atoms with van der Waals surface area (Å²) in [4.78, 5) is 4.24. The van der Waals surface area contributed by atoms with Crippen LogP contribution in [-0.4, -0.2) is 14.7 Å². The zero-order valence-electron chi connectivity index (χ0n) is 13.4. The number of hydrogen-bond donors (Lipinski definition) is 1. The Balaban J connectivity index is 1.74. The first kappa shape index (κ1) is 15.5. The third-order valence-corrected chi connectivity index (χ3v) is 4.20. The van der Waals surface area contributed by atoms with E-state index in [1.165, 1.54) is 11.1 Å². The molecule has 0 spiro atoms. The molecule has 3 heteroatoms. The van der Waals surface area contributed by atoms with Crippen molar-refractivity contribution >= 4 is 0 Å². The molecule has 0 radical (unpaired) electrons. The van der Waals surface area contributed by atoms with Gasteiger partial charge in [0.15, 0.2) is 0 Å². The Morgan fingerprint density at radius 3 is 2.22 bits per heavy atom. The maximum atomic E-state index is 10.9. The van der Waals surface area contributed by atoms with Crippen LogP contribution < -0.4 is 0 Å². The van der Waals surface area contributed by atoms with Gasteiger partial charge < -0.3 is 9.67 Å². The van der Waals surface area contributed by atoms with Gasteiger partial charge in [0.1, 0.15) is 5.60 Å². The van der Waals surface area contributed by atoms with Crippen LogP contribution in [-0.2, 0) is 18.6 Å². The zero-order chi connectivity index (χ0) is 16.1. The SMILES string of the molecule is CC(O)(CCc1ccccc1)c1cncn1Cc1ccccc1. The van der Waals surface area contributed by atoms with E-state index >= 15 is 0 Å². The molecule has 3 rings (SSSR count). The van der Waals surface area contributed by atoms with Crippen LogP contribution in [0.3, 0.4) is 0 Å². The van der Waals surface area contributed by atoms with Crippen molar-refractivity contribution in [2.45, 2.75) is 31.9 Å². The molecule has 1 aromatic heterocycles. The molecule has 0 amide bonds. The van der Waals surface area contributed by atoms with Gasteiger partial charge in [-0.2, -0.15) is 0 Å². The highest BCUT2D eigenvalue weighted by molar-refractivity contribution is 5.19. The van der Waals surface area contributed by atoms with E-state index in [0.29, 0.717) is 6.42 Å². The number of rotatable bonds is 6. The molecule has 3 aromatic rings. The lowest BCUT2D eigenvalue weighted by Gasteiger charge is -2.25. The summed E-state index contributed by atoms with van der Waals surface area (Å²) in [5.74, 6) is 0. The van der Waals surface area contributed by atoms with Crippen LogP contribution in [0.15, 0.2) is 73.2 Å². The van der Waals surface area contributed by atoms with Gasteiger partial charge in [0, 0.05) is 6.54 Å². The van der Waals surface area contributed by atoms with Crippen molar-refractivity contribution in [2.24, 2.45) is 0 Å². The number of aromatic nitrogens is 2. The molecule has 1 atom stereocenters. The average Bonchev–Trinajstić information content (AvgIpc) is 3.04. The topological polar surface area (TPSA) is 38.1 Å². The van der Waals surface area contributed by atoms with Crippen molar-refractivity contribution in [1.82, 2.24) is 9.55 Å². The number of aliphatic hydroxyl groups is 1. The van der Waals surface area contributed by atoms with Gasteiger partial charge in [0.05, 0.1) is 18.2 Å². The van der Waals surface area contributed by atoms with Crippen LogP contribution in [0.2, 0.25) is 0 Å². The minimum absolute atomic E-state index is 0.664. The Kier molecular flexibility index (Phi) is 4.58. The highest BCUT2D eigenvalue weighted by Crippen LogP contribution is 2.26. The number of imidazole rings is 1. The quantitative estimate of drug-likeness (QED) is 0.753. The van der Waals surface area contributed by atoms with Crippen molar-refractivity contribution in [1.29, 1.82) is 0 Å². The third-order valence-electron chi connectivity index (χ3n) is 4.20. The van der Waals surface area contributed by atoms with Gasteiger partial charge in [-0.05, 0) is 30.9 Å². The Labute approximate surface area is 137 Å². The molecule has 1 unspecified atom stereocenters. The maximum Gasteiger partial charge on any atom is 0.104 e. The molecule has 2 aromatic carbocycles. The number of aryl methyl sites for hydroxylation is 1. The summed E-state index contributed by atoms with van der Waals surface area (Å²) >= 11 is 0. The molecule has 0 bridgehead atoms. The second-order valence-corrected chi connectivity index (χ2v) is 6.15. The standard InChI is InChI=1S/C20H22N2O/c1-20(23,13-12-17-8-4-2-5-9-17)19-14-21-16-22(19)15-18-10-6-3-7-11-18/h2-11,14,16,23H,12-13,15H2,1H3. The molecule has 0 saturated heterocycles. The van der Waals surface area contributed by atoms with E-state index < -0.39 is 5.60 Å². The fraction of sp³-hybridized carbons (Fsp3) is 0.250. The van der Waals surface area contributed by atoms with Crippen molar-refractivity contribution in [3.05, 3.63) is 90.0 Å². The smallest absolute Gasteiger partial charge is 0.104 e. The summed E-state index contributed by atoms with van der Waals surface area (Å²) in [6.07, 6.45) is 5.06. The predicted molar refractivity (Wildman–Crippen MR) is 92.1 cm³/mol. The highest BCUT2D eigenvalue weighted by atomic mass is 16.3. The van der Waals surface area contributed by atoms with Gasteiger partial charge in [-0.1, -0.05) is 60.7 Å². The first-order chi connectivity index (χ1) is 11.1. The third kappa shape index (κ3) is 3.88. The Morgan fingerprint density at radius 1 is 0.957 bits per heavy atom. The highest BCUT2D eigenvalue weighted by Gasteiger charge is 2.26. The molecule has 3 nitrogen and oxygen atoms in total. The number of hydrogen-bond acceptors (Lipinski definition) is 2. The largest absolute Gasteiger partial charge is 0.384 e. The fourth-order valence-corrected chi connectivity index (χ4v) is 2.84. The molecule has 23 heavy (non-hydrogen) atoms. The van der Waals surface area contributed by atoms with Crippen LogP contribution in [0.5, 0.6) is 0 Å². The lowest BCUT2D eigenvalue weighted by Crippen LogP contribution is -2.26. The molecule has 0 fully saturated rings. The Bertz CT molecular complexity index is 733. The van der Waals surface area contributed by atoms with Crippen LogP contribution >= 0.6 is 0 Å². The second-order valence-electron chi connectivity index (χ2n) is 6.15. The number of benzene rings is 2. The molecular formula is C20H22N2O. The van der Waals surface area contributed by atoms with E-state index in [9.17, 15) is 5.11 Å². The fourth-order valence-electron chi connectivity index (χ4n) is 2.84. The molecule has 0 aliphatic carbocycles. The van der Waals surface area contributed by atoms with E-state index in [2.05, 4.69) is 29.2 Å². The molecular weight excluding hydrogens is 284 g/mol. The van der Waals surface area contributed by atoms with E-state index in [0.717, 1.165) is 18.7 Å². The van der Waals surface area contributed by atoms with E-state index in [1.54, 1.807) is 12.5 Å². The monoisotopic (exact) mass is 306 g/mol. The van der Waals surface area contributed by atoms with Crippen LogP contribution in [0.4, 0.5) is 0 Å². The predicted octanol–water partition coefficient (Wildman–Crippen LogP) is 3.77. The summed E-state index contributed by atoms with van der Waals surface area (Å²) in [5.41, 5.74) is 2.39. The van der Waals surface area contributed by atoms with Gasteiger partial charge in [-0.15, -0.1) is 0 Å². The normalized spacial score (nSPS) is 13.7. The van der Waals surface area contributed by atoms with Gasteiger partial charge in [0.25, 0.3) is 0 Å². The maximum absolute atomic E-state index is 10.9. The van der Waals surface area contributed by atoms with Crippen molar-refractivity contribution < 1.29 is 5.11 Å². The molecule has 1 heterocycles. The molecule has 0 aliphatic heterocycles. The van der Waals surface area contributed by atoms with Crippen LogP contribution in [0.1, 0.15) is 30.2 Å². The molecule has 1 N–H and O–H groups in total. The summed E-state index contributed by atoms with van der Waals surface area (Å²) in [7, 11) is 0. The molecule has 118 valence electrons. The average molecular weight is 306 g/mol. The van der Waals surface area contributed by atoms with Gasteiger partial charge in [0.2, 0.25) is 0 Å². The Hall–Kier alpha value is -2.39. The van der Waals surface area contributed by atoms with E-state index in [-0.39, 0.29) is 0 Å². The van der Waals surface area contributed by atoms with Crippen molar-refractivity contribution in [3.8, 4) is 0 Å².